The fourth-order valence-corrected chi connectivity index (χ4v) is 2.00. The molecule has 1 atom stereocenters. The third kappa shape index (κ3) is 3.18. The largest absolute Gasteiger partial charge is 0.486 e. The van der Waals surface area contributed by atoms with Gasteiger partial charge in [-0.3, -0.25) is 4.79 Å². The SMILES string of the molecule is C[C@@H](NC(=O)c1cc(Cl)c2c(c1)OCCO2)C(C)(C)C. The molecule has 20 heavy (non-hydrogen) atoms. The van der Waals surface area contributed by atoms with Gasteiger partial charge in [0.15, 0.2) is 11.5 Å². The molecule has 1 amide bonds. The predicted octanol–water partition coefficient (Wildman–Crippen LogP) is 3.28. The highest BCUT2D eigenvalue weighted by molar-refractivity contribution is 6.32. The molecule has 0 fully saturated rings. The molecule has 0 saturated heterocycles. The number of hydrogen-bond acceptors (Lipinski definition) is 3. The highest BCUT2D eigenvalue weighted by atomic mass is 35.5. The van der Waals surface area contributed by atoms with Crippen LogP contribution in [0.1, 0.15) is 38.1 Å². The van der Waals surface area contributed by atoms with Gasteiger partial charge < -0.3 is 14.8 Å². The van der Waals surface area contributed by atoms with E-state index in [1.165, 1.54) is 0 Å². The van der Waals surface area contributed by atoms with E-state index >= 15 is 0 Å². The summed E-state index contributed by atoms with van der Waals surface area (Å²) in [5, 5.41) is 3.38. The third-order valence-electron chi connectivity index (χ3n) is 3.51. The average Bonchev–Trinajstić information content (AvgIpc) is 2.37. The van der Waals surface area contributed by atoms with Gasteiger partial charge in [-0.25, -0.2) is 0 Å². The Kier molecular flexibility index (Phi) is 4.14. The molecule has 110 valence electrons. The summed E-state index contributed by atoms with van der Waals surface area (Å²) in [7, 11) is 0. The molecule has 1 aliphatic heterocycles. The molecule has 0 unspecified atom stereocenters. The van der Waals surface area contributed by atoms with Crippen LogP contribution in [-0.2, 0) is 0 Å². The molecule has 0 spiro atoms. The van der Waals surface area contributed by atoms with Gasteiger partial charge in [-0.1, -0.05) is 32.4 Å². The lowest BCUT2D eigenvalue weighted by Crippen LogP contribution is -2.41. The first-order valence-corrected chi connectivity index (χ1v) is 7.07. The minimum atomic E-state index is -0.161. The van der Waals surface area contributed by atoms with Crippen LogP contribution < -0.4 is 14.8 Å². The molecule has 4 nitrogen and oxygen atoms in total. The summed E-state index contributed by atoms with van der Waals surface area (Å²) >= 11 is 6.13. The number of nitrogens with one attached hydrogen (secondary N) is 1. The molecule has 0 radical (unpaired) electrons. The second-order valence-electron chi connectivity index (χ2n) is 6.04. The van der Waals surface area contributed by atoms with Crippen molar-refractivity contribution >= 4 is 17.5 Å². The van der Waals surface area contributed by atoms with Gasteiger partial charge in [0.1, 0.15) is 13.2 Å². The van der Waals surface area contributed by atoms with Crippen molar-refractivity contribution in [1.29, 1.82) is 0 Å². The second kappa shape index (κ2) is 5.52. The van der Waals surface area contributed by atoms with E-state index in [0.29, 0.717) is 35.3 Å². The summed E-state index contributed by atoms with van der Waals surface area (Å²) < 4.78 is 10.9. The third-order valence-corrected chi connectivity index (χ3v) is 3.79. The Morgan fingerprint density at radius 3 is 2.60 bits per heavy atom. The van der Waals surface area contributed by atoms with Crippen LogP contribution >= 0.6 is 11.6 Å². The maximum absolute atomic E-state index is 12.3. The van der Waals surface area contributed by atoms with Crippen molar-refractivity contribution < 1.29 is 14.3 Å². The maximum Gasteiger partial charge on any atom is 0.251 e. The first kappa shape index (κ1) is 15.0. The molecule has 0 aromatic heterocycles. The quantitative estimate of drug-likeness (QED) is 0.911. The van der Waals surface area contributed by atoms with Crippen molar-refractivity contribution in [2.45, 2.75) is 33.7 Å². The Morgan fingerprint density at radius 1 is 1.30 bits per heavy atom. The number of hydrogen-bond donors (Lipinski definition) is 1. The molecule has 0 saturated carbocycles. The van der Waals surface area contributed by atoms with Gasteiger partial charge in [0.05, 0.1) is 5.02 Å². The zero-order chi connectivity index (χ0) is 14.9. The Bertz CT molecular complexity index is 523. The summed E-state index contributed by atoms with van der Waals surface area (Å²) in [5.74, 6) is 0.877. The highest BCUT2D eigenvalue weighted by Crippen LogP contribution is 2.38. The fourth-order valence-electron chi connectivity index (χ4n) is 1.74. The van der Waals surface area contributed by atoms with Crippen molar-refractivity contribution in [3.8, 4) is 11.5 Å². The first-order chi connectivity index (χ1) is 9.29. The lowest BCUT2D eigenvalue weighted by molar-refractivity contribution is 0.0909. The number of halogens is 1. The van der Waals surface area contributed by atoms with Crippen molar-refractivity contribution in [1.82, 2.24) is 5.32 Å². The maximum atomic E-state index is 12.3. The number of carbonyl (C=O) groups excluding carboxylic acids is 1. The van der Waals surface area contributed by atoms with Crippen molar-refractivity contribution in [2.75, 3.05) is 13.2 Å². The lowest BCUT2D eigenvalue weighted by atomic mass is 9.88. The molecule has 1 N–H and O–H groups in total. The van der Waals surface area contributed by atoms with Gasteiger partial charge in [-0.15, -0.1) is 0 Å². The average molecular weight is 298 g/mol. The molecule has 5 heteroatoms. The van der Waals surface area contributed by atoms with Crippen LogP contribution in [0.5, 0.6) is 11.5 Å². The minimum absolute atomic E-state index is 0.00667. The van der Waals surface area contributed by atoms with Crippen molar-refractivity contribution in [3.63, 3.8) is 0 Å². The summed E-state index contributed by atoms with van der Waals surface area (Å²) in [5.41, 5.74) is 0.475. The van der Waals surface area contributed by atoms with E-state index in [4.69, 9.17) is 21.1 Å². The zero-order valence-electron chi connectivity index (χ0n) is 12.2. The van der Waals surface area contributed by atoms with Gasteiger partial charge in [-0.2, -0.15) is 0 Å². The summed E-state index contributed by atoms with van der Waals surface area (Å²) in [6, 6.07) is 3.33. The number of ether oxygens (including phenoxy) is 2. The van der Waals surface area contributed by atoms with E-state index in [1.54, 1.807) is 12.1 Å². The van der Waals surface area contributed by atoms with Crippen molar-refractivity contribution in [3.05, 3.63) is 22.7 Å². The predicted molar refractivity (Wildman–Crippen MR) is 78.8 cm³/mol. The van der Waals surface area contributed by atoms with E-state index in [1.807, 2.05) is 6.92 Å². The molecule has 1 aliphatic rings. The fraction of sp³-hybridized carbons (Fsp3) is 0.533. The standard InChI is InChI=1S/C15H20ClNO3/c1-9(15(2,3)4)17-14(18)10-7-11(16)13-12(8-10)19-5-6-20-13/h7-9H,5-6H2,1-4H3,(H,17,18)/t9-/m1/s1. The Balaban J connectivity index is 2.21. The monoisotopic (exact) mass is 297 g/mol. The van der Waals surface area contributed by atoms with Gasteiger partial charge in [0, 0.05) is 11.6 Å². The van der Waals surface area contributed by atoms with Crippen LogP contribution in [0.2, 0.25) is 5.02 Å². The molecular formula is C15H20ClNO3. The first-order valence-electron chi connectivity index (χ1n) is 6.69. The molecule has 1 heterocycles. The van der Waals surface area contributed by atoms with E-state index in [2.05, 4.69) is 26.1 Å². The normalized spacial score (nSPS) is 15.7. The van der Waals surface area contributed by atoms with Gasteiger partial charge >= 0.3 is 0 Å². The Morgan fingerprint density at radius 2 is 1.95 bits per heavy atom. The molecule has 0 aliphatic carbocycles. The van der Waals surface area contributed by atoms with Gasteiger partial charge in [-0.05, 0) is 24.5 Å². The smallest absolute Gasteiger partial charge is 0.251 e. The van der Waals surface area contributed by atoms with Crippen LogP contribution in [0.4, 0.5) is 0 Å². The van der Waals surface area contributed by atoms with Crippen LogP contribution in [0.15, 0.2) is 12.1 Å². The summed E-state index contributed by atoms with van der Waals surface area (Å²) in [6.45, 7) is 9.15. The molecule has 1 aromatic carbocycles. The van der Waals surface area contributed by atoms with E-state index in [-0.39, 0.29) is 17.4 Å². The van der Waals surface area contributed by atoms with Crippen LogP contribution in [0.3, 0.4) is 0 Å². The number of fused-ring (bicyclic) bond motifs is 1. The number of benzene rings is 1. The number of rotatable bonds is 2. The van der Waals surface area contributed by atoms with Crippen LogP contribution in [0, 0.1) is 5.41 Å². The van der Waals surface area contributed by atoms with E-state index in [9.17, 15) is 4.79 Å². The topological polar surface area (TPSA) is 47.6 Å². The molecule has 2 rings (SSSR count). The Labute approximate surface area is 124 Å². The highest BCUT2D eigenvalue weighted by Gasteiger charge is 2.24. The lowest BCUT2D eigenvalue weighted by Gasteiger charge is -2.28. The summed E-state index contributed by atoms with van der Waals surface area (Å²) in [4.78, 5) is 12.3. The van der Waals surface area contributed by atoms with E-state index < -0.39 is 0 Å². The van der Waals surface area contributed by atoms with E-state index in [0.717, 1.165) is 0 Å². The number of carbonyl (C=O) groups is 1. The second-order valence-corrected chi connectivity index (χ2v) is 6.45. The van der Waals surface area contributed by atoms with Crippen LogP contribution in [0.25, 0.3) is 0 Å². The minimum Gasteiger partial charge on any atom is -0.486 e. The van der Waals surface area contributed by atoms with Crippen molar-refractivity contribution in [2.24, 2.45) is 5.41 Å². The molecule has 0 bridgehead atoms. The molecule has 1 aromatic rings. The zero-order valence-corrected chi connectivity index (χ0v) is 13.0. The molecular weight excluding hydrogens is 278 g/mol. The van der Waals surface area contributed by atoms with Crippen LogP contribution in [-0.4, -0.2) is 25.2 Å². The van der Waals surface area contributed by atoms with Gasteiger partial charge in [0.2, 0.25) is 0 Å². The number of amides is 1. The Hall–Kier alpha value is -1.42. The summed E-state index contributed by atoms with van der Waals surface area (Å²) in [6.07, 6.45) is 0. The van der Waals surface area contributed by atoms with Gasteiger partial charge in [0.25, 0.3) is 5.91 Å².